The van der Waals surface area contributed by atoms with Crippen LogP contribution in [-0.4, -0.2) is 9.78 Å². The molecule has 0 N–H and O–H groups in total. The topological polar surface area (TPSA) is 17.8 Å². The molecule has 0 amide bonds. The number of aromatic nitrogens is 2. The van der Waals surface area contributed by atoms with Gasteiger partial charge in [0.25, 0.3) is 0 Å². The van der Waals surface area contributed by atoms with E-state index in [4.69, 9.17) is 0 Å². The Morgan fingerprint density at radius 1 is 1.42 bits per heavy atom. The maximum Gasteiger partial charge on any atom is 0.189 e. The first-order valence-corrected chi connectivity index (χ1v) is 4.22. The summed E-state index contributed by atoms with van der Waals surface area (Å²) in [5, 5.41) is 4.07. The molecule has 3 heteroatoms. The van der Waals surface area contributed by atoms with Crippen LogP contribution in [0.4, 0.5) is 4.39 Å². The molecule has 1 atom stereocenters. The van der Waals surface area contributed by atoms with Crippen LogP contribution in [-0.2, 0) is 0 Å². The Bertz CT molecular complexity index is 238. The van der Waals surface area contributed by atoms with E-state index in [-0.39, 0.29) is 0 Å². The maximum absolute atomic E-state index is 13.0. The summed E-state index contributed by atoms with van der Waals surface area (Å²) in [6.07, 6.45) is -1.03. The molecular weight excluding hydrogens is 155 g/mol. The largest absolute Gasteiger partial charge is 0.236 e. The van der Waals surface area contributed by atoms with Crippen molar-refractivity contribution in [2.24, 2.45) is 0 Å². The molecule has 0 aliphatic heterocycles. The van der Waals surface area contributed by atoms with E-state index in [9.17, 15) is 4.39 Å². The van der Waals surface area contributed by atoms with Crippen molar-refractivity contribution in [2.75, 3.05) is 0 Å². The Hall–Kier alpha value is -0.860. The van der Waals surface area contributed by atoms with Crippen molar-refractivity contribution in [3.8, 4) is 0 Å². The number of rotatable bonds is 2. The predicted octanol–water partition coefficient (Wildman–Crippen LogP) is 2.80. The molecule has 1 heterocycles. The zero-order chi connectivity index (χ0) is 9.30. The van der Waals surface area contributed by atoms with E-state index >= 15 is 0 Å². The molecule has 0 spiro atoms. The quantitative estimate of drug-likeness (QED) is 0.667. The van der Waals surface area contributed by atoms with Gasteiger partial charge < -0.3 is 0 Å². The minimum atomic E-state index is -1.03. The summed E-state index contributed by atoms with van der Waals surface area (Å²) in [4.78, 5) is 0. The zero-order valence-corrected chi connectivity index (χ0v) is 8.00. The van der Waals surface area contributed by atoms with E-state index in [0.717, 1.165) is 11.4 Å². The standard InChI is InChI=1S/C9H15FN2/c1-6(2)9-5-7(3)11-12(9)8(4)10/h5-6,8H,1-4H3. The van der Waals surface area contributed by atoms with Crippen molar-refractivity contribution < 1.29 is 4.39 Å². The molecule has 0 fully saturated rings. The number of alkyl halides is 1. The predicted molar refractivity (Wildman–Crippen MR) is 46.9 cm³/mol. The Labute approximate surface area is 72.4 Å². The molecule has 0 bridgehead atoms. The van der Waals surface area contributed by atoms with Crippen LogP contribution >= 0.6 is 0 Å². The van der Waals surface area contributed by atoms with E-state index in [1.807, 2.05) is 26.8 Å². The van der Waals surface area contributed by atoms with Crippen molar-refractivity contribution in [3.05, 3.63) is 17.5 Å². The van der Waals surface area contributed by atoms with Crippen molar-refractivity contribution in [3.63, 3.8) is 0 Å². The first-order valence-electron chi connectivity index (χ1n) is 4.22. The van der Waals surface area contributed by atoms with Crippen molar-refractivity contribution in [1.29, 1.82) is 0 Å². The molecule has 0 saturated carbocycles. The molecule has 0 radical (unpaired) electrons. The molecule has 12 heavy (non-hydrogen) atoms. The summed E-state index contributed by atoms with van der Waals surface area (Å²) in [7, 11) is 0. The molecule has 0 aromatic carbocycles. The molecule has 68 valence electrons. The summed E-state index contributed by atoms with van der Waals surface area (Å²) in [6, 6.07) is 1.93. The summed E-state index contributed by atoms with van der Waals surface area (Å²) in [5.74, 6) is 0.324. The van der Waals surface area contributed by atoms with Gasteiger partial charge >= 0.3 is 0 Å². The van der Waals surface area contributed by atoms with Gasteiger partial charge in [-0.15, -0.1) is 0 Å². The zero-order valence-electron chi connectivity index (χ0n) is 8.00. The minimum absolute atomic E-state index is 0.324. The van der Waals surface area contributed by atoms with Gasteiger partial charge in [-0.2, -0.15) is 5.10 Å². The van der Waals surface area contributed by atoms with Gasteiger partial charge in [0, 0.05) is 5.69 Å². The molecule has 1 aromatic rings. The second-order valence-electron chi connectivity index (χ2n) is 3.38. The number of aryl methyl sites for hydroxylation is 1. The smallest absolute Gasteiger partial charge is 0.189 e. The average Bonchev–Trinajstić information content (AvgIpc) is 2.31. The first-order chi connectivity index (χ1) is 5.52. The Morgan fingerprint density at radius 3 is 2.33 bits per heavy atom. The van der Waals surface area contributed by atoms with Gasteiger partial charge in [0.15, 0.2) is 6.30 Å². The molecule has 0 aliphatic carbocycles. The first kappa shape index (κ1) is 9.23. The molecule has 0 aliphatic rings. The van der Waals surface area contributed by atoms with Crippen molar-refractivity contribution >= 4 is 0 Å². The lowest BCUT2D eigenvalue weighted by Crippen LogP contribution is -2.07. The normalized spacial score (nSPS) is 13.8. The lowest BCUT2D eigenvalue weighted by molar-refractivity contribution is 0.236. The van der Waals surface area contributed by atoms with E-state index < -0.39 is 6.30 Å². The molecule has 1 aromatic heterocycles. The highest BCUT2D eigenvalue weighted by Crippen LogP contribution is 2.19. The van der Waals surface area contributed by atoms with Crippen LogP contribution in [0.25, 0.3) is 0 Å². The van der Waals surface area contributed by atoms with Crippen LogP contribution in [0.5, 0.6) is 0 Å². The third kappa shape index (κ3) is 1.65. The highest BCUT2D eigenvalue weighted by atomic mass is 19.1. The van der Waals surface area contributed by atoms with Crippen LogP contribution in [0, 0.1) is 6.92 Å². The van der Waals surface area contributed by atoms with Gasteiger partial charge in [0.1, 0.15) is 0 Å². The minimum Gasteiger partial charge on any atom is -0.236 e. The van der Waals surface area contributed by atoms with E-state index in [0.29, 0.717) is 5.92 Å². The van der Waals surface area contributed by atoms with E-state index in [1.165, 1.54) is 11.6 Å². The molecule has 1 rings (SSSR count). The molecular formula is C9H15FN2. The lowest BCUT2D eigenvalue weighted by Gasteiger charge is -2.10. The van der Waals surface area contributed by atoms with Crippen LogP contribution in [0.1, 0.15) is 44.4 Å². The fourth-order valence-corrected chi connectivity index (χ4v) is 1.25. The Morgan fingerprint density at radius 2 is 2.00 bits per heavy atom. The number of halogens is 1. The van der Waals surface area contributed by atoms with Gasteiger partial charge in [0.05, 0.1) is 5.69 Å². The number of hydrogen-bond acceptors (Lipinski definition) is 1. The van der Waals surface area contributed by atoms with Gasteiger partial charge in [-0.05, 0) is 25.8 Å². The van der Waals surface area contributed by atoms with Crippen LogP contribution in [0.15, 0.2) is 6.07 Å². The van der Waals surface area contributed by atoms with E-state index in [2.05, 4.69) is 5.10 Å². The van der Waals surface area contributed by atoms with Gasteiger partial charge in [-0.1, -0.05) is 13.8 Å². The number of hydrogen-bond donors (Lipinski definition) is 0. The highest BCUT2D eigenvalue weighted by Gasteiger charge is 2.12. The third-order valence-corrected chi connectivity index (χ3v) is 1.82. The van der Waals surface area contributed by atoms with Crippen LogP contribution < -0.4 is 0 Å². The summed E-state index contributed by atoms with van der Waals surface area (Å²) >= 11 is 0. The van der Waals surface area contributed by atoms with E-state index in [1.54, 1.807) is 0 Å². The highest BCUT2D eigenvalue weighted by molar-refractivity contribution is 5.12. The SMILES string of the molecule is Cc1cc(C(C)C)n(C(C)F)n1. The average molecular weight is 170 g/mol. The molecule has 0 saturated heterocycles. The summed E-state index contributed by atoms with van der Waals surface area (Å²) < 4.78 is 14.4. The maximum atomic E-state index is 13.0. The van der Waals surface area contributed by atoms with Crippen LogP contribution in [0.3, 0.4) is 0 Å². The van der Waals surface area contributed by atoms with Crippen LogP contribution in [0.2, 0.25) is 0 Å². The monoisotopic (exact) mass is 170 g/mol. The number of nitrogens with zero attached hydrogens (tertiary/aromatic N) is 2. The second-order valence-corrected chi connectivity index (χ2v) is 3.38. The Balaban J connectivity index is 3.08. The fraction of sp³-hybridized carbons (Fsp3) is 0.667. The molecule has 2 nitrogen and oxygen atoms in total. The summed E-state index contributed by atoms with van der Waals surface area (Å²) in [5.41, 5.74) is 1.84. The second kappa shape index (κ2) is 3.25. The molecule has 1 unspecified atom stereocenters. The van der Waals surface area contributed by atoms with Crippen molar-refractivity contribution in [2.45, 2.75) is 39.9 Å². The summed E-state index contributed by atoms with van der Waals surface area (Å²) in [6.45, 7) is 7.45. The van der Waals surface area contributed by atoms with Gasteiger partial charge in [0.2, 0.25) is 0 Å². The third-order valence-electron chi connectivity index (χ3n) is 1.82. The van der Waals surface area contributed by atoms with Gasteiger partial charge in [-0.3, -0.25) is 0 Å². The Kier molecular flexibility index (Phi) is 2.50. The van der Waals surface area contributed by atoms with Crippen molar-refractivity contribution in [1.82, 2.24) is 9.78 Å². The van der Waals surface area contributed by atoms with Gasteiger partial charge in [-0.25, -0.2) is 9.07 Å². The lowest BCUT2D eigenvalue weighted by atomic mass is 10.1. The fourth-order valence-electron chi connectivity index (χ4n) is 1.25.